The van der Waals surface area contributed by atoms with E-state index in [2.05, 4.69) is 10.2 Å². The largest absolute Gasteiger partial charge is 0.324 e. The predicted molar refractivity (Wildman–Crippen MR) is 84.4 cm³/mol. The van der Waals surface area contributed by atoms with Crippen molar-refractivity contribution in [2.45, 2.75) is 13.5 Å². The van der Waals surface area contributed by atoms with Crippen LogP contribution < -0.4 is 5.73 Å². The van der Waals surface area contributed by atoms with Crippen molar-refractivity contribution in [3.05, 3.63) is 64.9 Å². The maximum atomic E-state index is 6.03. The molecule has 0 saturated carbocycles. The molecule has 0 atom stereocenters. The van der Waals surface area contributed by atoms with E-state index in [1.807, 2.05) is 60.0 Å². The smallest absolute Gasteiger partial charge is 0.168 e. The van der Waals surface area contributed by atoms with Crippen molar-refractivity contribution in [2.75, 3.05) is 0 Å². The van der Waals surface area contributed by atoms with Crippen LogP contribution in [0, 0.1) is 6.92 Å². The third-order valence-corrected chi connectivity index (χ3v) is 3.59. The molecule has 0 unspecified atom stereocenters. The second kappa shape index (κ2) is 5.68. The molecule has 0 bridgehead atoms. The fourth-order valence-electron chi connectivity index (χ4n) is 2.35. The maximum Gasteiger partial charge on any atom is 0.168 e. The lowest BCUT2D eigenvalue weighted by molar-refractivity contribution is 0.861. The van der Waals surface area contributed by atoms with Gasteiger partial charge in [0.2, 0.25) is 0 Å². The molecule has 2 aromatic carbocycles. The van der Waals surface area contributed by atoms with Crippen LogP contribution in [-0.2, 0) is 6.54 Å². The summed E-state index contributed by atoms with van der Waals surface area (Å²) in [7, 11) is 0. The molecule has 2 N–H and O–H groups in total. The molecule has 3 rings (SSSR count). The lowest BCUT2D eigenvalue weighted by Crippen LogP contribution is -2.08. The van der Waals surface area contributed by atoms with Crippen LogP contribution in [-0.4, -0.2) is 14.8 Å². The average Bonchev–Trinajstić information content (AvgIpc) is 2.92. The van der Waals surface area contributed by atoms with Crippen molar-refractivity contribution in [1.29, 1.82) is 0 Å². The number of aromatic nitrogens is 3. The molecule has 0 radical (unpaired) electrons. The van der Waals surface area contributed by atoms with E-state index in [9.17, 15) is 0 Å². The highest BCUT2D eigenvalue weighted by molar-refractivity contribution is 6.30. The summed E-state index contributed by atoms with van der Waals surface area (Å²) in [5.41, 5.74) is 8.84. The molecule has 4 nitrogen and oxygen atoms in total. The fourth-order valence-corrected chi connectivity index (χ4v) is 2.58. The number of halogens is 1. The summed E-state index contributed by atoms with van der Waals surface area (Å²) < 4.78 is 1.98. The van der Waals surface area contributed by atoms with Crippen molar-refractivity contribution in [1.82, 2.24) is 14.8 Å². The Morgan fingerprint density at radius 3 is 2.52 bits per heavy atom. The molecular weight excluding hydrogens is 284 g/mol. The van der Waals surface area contributed by atoms with Gasteiger partial charge in [0.25, 0.3) is 0 Å². The molecule has 1 aromatic heterocycles. The minimum atomic E-state index is 0.328. The molecule has 5 heteroatoms. The van der Waals surface area contributed by atoms with Crippen LogP contribution in [0.1, 0.15) is 11.4 Å². The van der Waals surface area contributed by atoms with Gasteiger partial charge in [-0.25, -0.2) is 0 Å². The third-order valence-electron chi connectivity index (χ3n) is 3.36. The third kappa shape index (κ3) is 2.55. The minimum Gasteiger partial charge on any atom is -0.324 e. The van der Waals surface area contributed by atoms with Crippen molar-refractivity contribution in [3.63, 3.8) is 0 Å². The number of nitrogens with zero attached hydrogens (tertiary/aromatic N) is 3. The van der Waals surface area contributed by atoms with Gasteiger partial charge in [-0.1, -0.05) is 29.8 Å². The Bertz CT molecular complexity index is 765. The van der Waals surface area contributed by atoms with Crippen molar-refractivity contribution in [3.8, 4) is 17.1 Å². The van der Waals surface area contributed by atoms with E-state index < -0.39 is 0 Å². The SMILES string of the molecule is Cc1cc(Cl)ccc1-c1nnc(CN)n1-c1ccccc1. The number of para-hydroxylation sites is 1. The van der Waals surface area contributed by atoms with Gasteiger partial charge in [-0.15, -0.1) is 10.2 Å². The van der Waals surface area contributed by atoms with Gasteiger partial charge in [0.1, 0.15) is 0 Å². The molecule has 21 heavy (non-hydrogen) atoms. The van der Waals surface area contributed by atoms with Crippen molar-refractivity contribution >= 4 is 11.6 Å². The molecule has 0 aliphatic rings. The minimum absolute atomic E-state index is 0.328. The molecule has 0 aliphatic heterocycles. The standard InChI is InChI=1S/C16H15ClN4/c1-11-9-12(17)7-8-14(11)16-20-19-15(10-18)21(16)13-5-3-2-4-6-13/h2-9H,10,18H2,1H3. The Balaban J connectivity index is 2.22. The van der Waals surface area contributed by atoms with Crippen LogP contribution in [0.15, 0.2) is 48.5 Å². The van der Waals surface area contributed by atoms with E-state index in [4.69, 9.17) is 17.3 Å². The molecule has 0 fully saturated rings. The summed E-state index contributed by atoms with van der Waals surface area (Å²) in [6.45, 7) is 2.34. The highest BCUT2D eigenvalue weighted by atomic mass is 35.5. The van der Waals surface area contributed by atoms with Crippen molar-refractivity contribution in [2.24, 2.45) is 5.73 Å². The molecule has 3 aromatic rings. The highest BCUT2D eigenvalue weighted by Gasteiger charge is 2.16. The topological polar surface area (TPSA) is 56.7 Å². The van der Waals surface area contributed by atoms with E-state index in [1.165, 1.54) is 0 Å². The quantitative estimate of drug-likeness (QED) is 0.806. The van der Waals surface area contributed by atoms with Gasteiger partial charge < -0.3 is 5.73 Å². The first-order valence-corrected chi connectivity index (χ1v) is 7.05. The molecule has 0 amide bonds. The van der Waals surface area contributed by atoms with Gasteiger partial charge in [-0.05, 0) is 42.8 Å². The van der Waals surface area contributed by atoms with Crippen LogP contribution in [0.2, 0.25) is 5.02 Å². The molecular formula is C16H15ClN4. The maximum absolute atomic E-state index is 6.03. The van der Waals surface area contributed by atoms with E-state index in [1.54, 1.807) is 0 Å². The predicted octanol–water partition coefficient (Wildman–Crippen LogP) is 3.35. The first-order valence-electron chi connectivity index (χ1n) is 6.67. The Kier molecular flexibility index (Phi) is 3.73. The van der Waals surface area contributed by atoms with E-state index in [0.29, 0.717) is 11.6 Å². The summed E-state index contributed by atoms with van der Waals surface area (Å²) >= 11 is 6.03. The highest BCUT2D eigenvalue weighted by Crippen LogP contribution is 2.27. The Morgan fingerprint density at radius 1 is 1.10 bits per heavy atom. The van der Waals surface area contributed by atoms with E-state index in [-0.39, 0.29) is 0 Å². The number of nitrogens with two attached hydrogens (primary N) is 1. The first-order chi connectivity index (χ1) is 10.2. The average molecular weight is 299 g/mol. The van der Waals surface area contributed by atoms with Crippen LogP contribution in [0.25, 0.3) is 17.1 Å². The fraction of sp³-hybridized carbons (Fsp3) is 0.125. The monoisotopic (exact) mass is 298 g/mol. The van der Waals surface area contributed by atoms with Gasteiger partial charge in [0.15, 0.2) is 11.6 Å². The van der Waals surface area contributed by atoms with Crippen molar-refractivity contribution < 1.29 is 0 Å². The zero-order valence-corrected chi connectivity index (χ0v) is 12.4. The number of benzene rings is 2. The zero-order chi connectivity index (χ0) is 14.8. The molecule has 106 valence electrons. The number of rotatable bonds is 3. The van der Waals surface area contributed by atoms with E-state index in [0.717, 1.165) is 28.5 Å². The second-order valence-corrected chi connectivity index (χ2v) is 5.21. The van der Waals surface area contributed by atoms with Gasteiger partial charge >= 0.3 is 0 Å². The van der Waals surface area contributed by atoms with Gasteiger partial charge in [-0.3, -0.25) is 4.57 Å². The van der Waals surface area contributed by atoms with Gasteiger partial charge in [-0.2, -0.15) is 0 Å². The van der Waals surface area contributed by atoms with Crippen LogP contribution in [0.4, 0.5) is 0 Å². The lowest BCUT2D eigenvalue weighted by atomic mass is 10.1. The Hall–Kier alpha value is -2.17. The van der Waals surface area contributed by atoms with Crippen LogP contribution >= 0.6 is 11.6 Å². The van der Waals surface area contributed by atoms with Gasteiger partial charge in [0.05, 0.1) is 6.54 Å². The summed E-state index contributed by atoms with van der Waals surface area (Å²) in [4.78, 5) is 0. The summed E-state index contributed by atoms with van der Waals surface area (Å²) in [6.07, 6.45) is 0. The molecule has 1 heterocycles. The molecule has 0 spiro atoms. The number of hydrogen-bond acceptors (Lipinski definition) is 3. The molecule has 0 aliphatic carbocycles. The Morgan fingerprint density at radius 2 is 1.86 bits per heavy atom. The lowest BCUT2D eigenvalue weighted by Gasteiger charge is -2.11. The van der Waals surface area contributed by atoms with Crippen LogP contribution in [0.3, 0.4) is 0 Å². The zero-order valence-electron chi connectivity index (χ0n) is 11.6. The normalized spacial score (nSPS) is 10.8. The second-order valence-electron chi connectivity index (χ2n) is 4.77. The molecule has 0 saturated heterocycles. The van der Waals surface area contributed by atoms with Crippen LogP contribution in [0.5, 0.6) is 0 Å². The summed E-state index contributed by atoms with van der Waals surface area (Å²) in [5, 5.41) is 9.23. The van der Waals surface area contributed by atoms with Gasteiger partial charge in [0, 0.05) is 16.3 Å². The first kappa shape index (κ1) is 13.8. The summed E-state index contributed by atoms with van der Waals surface area (Å²) in [6, 6.07) is 15.7. The Labute approximate surface area is 128 Å². The number of aryl methyl sites for hydroxylation is 1. The summed E-state index contributed by atoms with van der Waals surface area (Å²) in [5.74, 6) is 1.50. The number of hydrogen-bond donors (Lipinski definition) is 1. The van der Waals surface area contributed by atoms with E-state index >= 15 is 0 Å².